The van der Waals surface area contributed by atoms with Crippen molar-refractivity contribution in [1.29, 1.82) is 0 Å². The van der Waals surface area contributed by atoms with Crippen molar-refractivity contribution in [3.8, 4) is 11.3 Å². The van der Waals surface area contributed by atoms with Crippen LogP contribution in [0.15, 0.2) is 48.8 Å². The predicted octanol–water partition coefficient (Wildman–Crippen LogP) is 2.17. The van der Waals surface area contributed by atoms with Gasteiger partial charge in [-0.05, 0) is 18.2 Å². The van der Waals surface area contributed by atoms with E-state index in [0.717, 1.165) is 22.6 Å². The summed E-state index contributed by atoms with van der Waals surface area (Å²) in [7, 11) is 0. The number of hydrogen-bond donors (Lipinski definition) is 2. The molecule has 0 bridgehead atoms. The quantitative estimate of drug-likeness (QED) is 0.622. The molecular formula is C13H12N4. The van der Waals surface area contributed by atoms with Gasteiger partial charge in [-0.1, -0.05) is 12.1 Å². The molecule has 2 aromatic heterocycles. The van der Waals surface area contributed by atoms with Crippen molar-refractivity contribution in [2.45, 2.75) is 0 Å². The number of nitrogens with zero attached hydrogens (tertiary/aromatic N) is 2. The molecule has 4 heteroatoms. The van der Waals surface area contributed by atoms with Gasteiger partial charge in [0.2, 0.25) is 0 Å². The molecule has 0 saturated carbocycles. The van der Waals surface area contributed by atoms with Gasteiger partial charge in [-0.15, -0.1) is 0 Å². The molecule has 0 fully saturated rings. The Balaban J connectivity index is 2.14. The number of hydrogen-bond acceptors (Lipinski definition) is 3. The third-order valence-electron chi connectivity index (χ3n) is 2.69. The Labute approximate surface area is 98.5 Å². The molecule has 17 heavy (non-hydrogen) atoms. The normalized spacial score (nSPS) is 10.8. The average Bonchev–Trinajstić information content (AvgIpc) is 2.72. The molecule has 0 unspecified atom stereocenters. The van der Waals surface area contributed by atoms with Crippen molar-refractivity contribution in [3.05, 3.63) is 48.8 Å². The predicted molar refractivity (Wildman–Crippen MR) is 69.5 cm³/mol. The van der Waals surface area contributed by atoms with Gasteiger partial charge in [0.05, 0.1) is 5.69 Å². The Kier molecular flexibility index (Phi) is 2.01. The summed E-state index contributed by atoms with van der Waals surface area (Å²) in [6.45, 7) is 0. The highest BCUT2D eigenvalue weighted by Gasteiger charge is 2.04. The van der Waals surface area contributed by atoms with Crippen LogP contribution in [0.1, 0.15) is 0 Å². The summed E-state index contributed by atoms with van der Waals surface area (Å²) in [6.07, 6.45) is 3.87. The lowest BCUT2D eigenvalue weighted by molar-refractivity contribution is 1.19. The van der Waals surface area contributed by atoms with Crippen LogP contribution >= 0.6 is 0 Å². The topological polar surface area (TPSA) is 69.3 Å². The van der Waals surface area contributed by atoms with E-state index in [1.165, 1.54) is 0 Å². The number of pyridine rings is 1. The van der Waals surface area contributed by atoms with Crippen LogP contribution < -0.4 is 11.5 Å². The lowest BCUT2D eigenvalue weighted by atomic mass is 10.1. The fourth-order valence-corrected chi connectivity index (χ4v) is 1.79. The molecule has 0 saturated heterocycles. The van der Waals surface area contributed by atoms with E-state index >= 15 is 0 Å². The van der Waals surface area contributed by atoms with E-state index in [2.05, 4.69) is 4.98 Å². The van der Waals surface area contributed by atoms with Gasteiger partial charge in [0.15, 0.2) is 0 Å². The number of rotatable bonds is 1. The van der Waals surface area contributed by atoms with Crippen molar-refractivity contribution >= 4 is 17.0 Å². The van der Waals surface area contributed by atoms with Crippen LogP contribution in [0.4, 0.5) is 11.4 Å². The average molecular weight is 224 g/mol. The van der Waals surface area contributed by atoms with Gasteiger partial charge < -0.3 is 15.9 Å². The largest absolute Gasteiger partial charge is 0.399 e. The van der Waals surface area contributed by atoms with Crippen molar-refractivity contribution < 1.29 is 0 Å². The maximum atomic E-state index is 5.72. The maximum absolute atomic E-state index is 5.72. The fourth-order valence-electron chi connectivity index (χ4n) is 1.79. The molecule has 84 valence electrons. The van der Waals surface area contributed by atoms with Gasteiger partial charge in [0.25, 0.3) is 0 Å². The molecule has 0 radical (unpaired) electrons. The first-order chi connectivity index (χ1) is 8.22. The van der Waals surface area contributed by atoms with Gasteiger partial charge in [-0.3, -0.25) is 0 Å². The molecule has 1 aromatic carbocycles. The first-order valence-electron chi connectivity index (χ1n) is 5.32. The van der Waals surface area contributed by atoms with Crippen molar-refractivity contribution in [2.24, 2.45) is 0 Å². The maximum Gasteiger partial charge on any atom is 0.139 e. The van der Waals surface area contributed by atoms with Gasteiger partial charge in [0, 0.05) is 35.4 Å². The monoisotopic (exact) mass is 224 g/mol. The Morgan fingerprint density at radius 3 is 2.47 bits per heavy atom. The van der Waals surface area contributed by atoms with Crippen LogP contribution in [0.2, 0.25) is 0 Å². The number of nitrogens with two attached hydrogens (primary N) is 2. The molecule has 0 aliphatic carbocycles. The second kappa shape index (κ2) is 3.52. The molecule has 3 aromatic rings. The van der Waals surface area contributed by atoms with E-state index in [4.69, 9.17) is 11.5 Å². The summed E-state index contributed by atoms with van der Waals surface area (Å²) in [5, 5.41) is 0. The van der Waals surface area contributed by atoms with E-state index in [9.17, 15) is 0 Å². The third-order valence-corrected chi connectivity index (χ3v) is 2.69. The fraction of sp³-hybridized carbons (Fsp3) is 0. The molecule has 2 heterocycles. The van der Waals surface area contributed by atoms with Crippen LogP contribution in [-0.4, -0.2) is 9.38 Å². The van der Waals surface area contributed by atoms with Gasteiger partial charge in [-0.2, -0.15) is 0 Å². The zero-order valence-corrected chi connectivity index (χ0v) is 9.17. The summed E-state index contributed by atoms with van der Waals surface area (Å²) in [5.74, 6) is 0. The summed E-state index contributed by atoms with van der Waals surface area (Å²) >= 11 is 0. The summed E-state index contributed by atoms with van der Waals surface area (Å²) in [4.78, 5) is 4.52. The van der Waals surface area contributed by atoms with Crippen LogP contribution in [0.5, 0.6) is 0 Å². The second-order valence-corrected chi connectivity index (χ2v) is 3.97. The number of nitrogen functional groups attached to an aromatic ring is 2. The smallest absolute Gasteiger partial charge is 0.139 e. The van der Waals surface area contributed by atoms with E-state index in [1.807, 2.05) is 53.2 Å². The molecular weight excluding hydrogens is 212 g/mol. The van der Waals surface area contributed by atoms with Gasteiger partial charge in [0.1, 0.15) is 5.65 Å². The van der Waals surface area contributed by atoms with Gasteiger partial charge >= 0.3 is 0 Å². The van der Waals surface area contributed by atoms with E-state index in [0.29, 0.717) is 5.69 Å². The summed E-state index contributed by atoms with van der Waals surface area (Å²) in [6, 6.07) is 11.4. The highest BCUT2D eigenvalue weighted by molar-refractivity contribution is 5.65. The third kappa shape index (κ3) is 1.69. The standard InChI is InChI=1S/C13H12N4/c14-10-3-1-9(2-4-10)12-8-17-6-5-11(15)7-13(17)16-12/h1-8H,14-15H2. The first kappa shape index (κ1) is 9.72. The molecule has 0 spiro atoms. The van der Waals surface area contributed by atoms with E-state index in [-0.39, 0.29) is 0 Å². The van der Waals surface area contributed by atoms with Crippen molar-refractivity contribution in [2.75, 3.05) is 11.5 Å². The second-order valence-electron chi connectivity index (χ2n) is 3.97. The van der Waals surface area contributed by atoms with Gasteiger partial charge in [-0.25, -0.2) is 4.98 Å². The molecule has 0 amide bonds. The first-order valence-corrected chi connectivity index (χ1v) is 5.32. The number of aromatic nitrogens is 2. The Bertz CT molecular complexity index is 667. The highest BCUT2D eigenvalue weighted by atomic mass is 15.0. The van der Waals surface area contributed by atoms with Crippen LogP contribution in [-0.2, 0) is 0 Å². The molecule has 0 aliphatic heterocycles. The minimum Gasteiger partial charge on any atom is -0.399 e. The van der Waals surface area contributed by atoms with E-state index in [1.54, 1.807) is 0 Å². The molecule has 4 nitrogen and oxygen atoms in total. The zero-order valence-electron chi connectivity index (χ0n) is 9.17. The van der Waals surface area contributed by atoms with Crippen LogP contribution in [0, 0.1) is 0 Å². The minimum atomic E-state index is 0.715. The molecule has 0 atom stereocenters. The number of imidazole rings is 1. The lowest BCUT2D eigenvalue weighted by Crippen LogP contribution is -1.87. The highest BCUT2D eigenvalue weighted by Crippen LogP contribution is 2.21. The van der Waals surface area contributed by atoms with Crippen molar-refractivity contribution in [3.63, 3.8) is 0 Å². The van der Waals surface area contributed by atoms with Crippen LogP contribution in [0.3, 0.4) is 0 Å². The number of anilines is 2. The van der Waals surface area contributed by atoms with Crippen LogP contribution in [0.25, 0.3) is 16.9 Å². The van der Waals surface area contributed by atoms with E-state index < -0.39 is 0 Å². The van der Waals surface area contributed by atoms with Crippen molar-refractivity contribution in [1.82, 2.24) is 9.38 Å². The summed E-state index contributed by atoms with van der Waals surface area (Å²) in [5.41, 5.74) is 15.6. The Morgan fingerprint density at radius 1 is 0.941 bits per heavy atom. The Hall–Kier alpha value is -2.49. The SMILES string of the molecule is Nc1ccc(-c2cn3ccc(N)cc3n2)cc1. The zero-order chi connectivity index (χ0) is 11.8. The molecule has 3 rings (SSSR count). The number of fused-ring (bicyclic) bond motifs is 1. The Morgan fingerprint density at radius 2 is 1.71 bits per heavy atom. The lowest BCUT2D eigenvalue weighted by Gasteiger charge is -1.96. The molecule has 4 N–H and O–H groups in total. The minimum absolute atomic E-state index is 0.715. The summed E-state index contributed by atoms with van der Waals surface area (Å²) < 4.78 is 1.95. The molecule has 0 aliphatic rings. The number of benzene rings is 1.